The molecule has 0 saturated carbocycles. The van der Waals surface area contributed by atoms with Crippen LogP contribution in [0.15, 0.2) is 24.3 Å². The zero-order valence-corrected chi connectivity index (χ0v) is 11.0. The highest BCUT2D eigenvalue weighted by molar-refractivity contribution is 5.39. The van der Waals surface area contributed by atoms with Crippen LogP contribution in [-0.4, -0.2) is 39.5 Å². The molecule has 4 nitrogen and oxygen atoms in total. The molecule has 1 aliphatic rings. The van der Waals surface area contributed by atoms with Gasteiger partial charge in [0.15, 0.2) is 11.5 Å². The Labute approximate surface area is 108 Å². The molecule has 1 N–H and O–H groups in total. The van der Waals surface area contributed by atoms with Gasteiger partial charge in [0, 0.05) is 6.54 Å². The summed E-state index contributed by atoms with van der Waals surface area (Å²) in [4.78, 5) is 0. The van der Waals surface area contributed by atoms with Crippen molar-refractivity contribution >= 4 is 0 Å². The molecule has 100 valence electrons. The van der Waals surface area contributed by atoms with Crippen LogP contribution in [0.3, 0.4) is 0 Å². The summed E-state index contributed by atoms with van der Waals surface area (Å²) in [5.74, 6) is 1.54. The summed E-state index contributed by atoms with van der Waals surface area (Å²) in [7, 11) is 3.60. The van der Waals surface area contributed by atoms with Gasteiger partial charge in [-0.1, -0.05) is 12.1 Å². The maximum Gasteiger partial charge on any atom is 0.161 e. The van der Waals surface area contributed by atoms with E-state index in [4.69, 9.17) is 14.2 Å². The maximum atomic E-state index is 5.87. The van der Waals surface area contributed by atoms with E-state index in [0.717, 1.165) is 30.9 Å². The second-order valence-electron chi connectivity index (χ2n) is 4.48. The van der Waals surface area contributed by atoms with Gasteiger partial charge in [-0.2, -0.15) is 0 Å². The van der Waals surface area contributed by atoms with Gasteiger partial charge in [-0.05, 0) is 32.0 Å². The molecule has 1 aromatic carbocycles. The van der Waals surface area contributed by atoms with Crippen LogP contribution in [0.4, 0.5) is 0 Å². The van der Waals surface area contributed by atoms with Crippen molar-refractivity contribution in [2.75, 3.05) is 27.3 Å². The number of rotatable bonds is 6. The fourth-order valence-electron chi connectivity index (χ4n) is 2.20. The van der Waals surface area contributed by atoms with Crippen LogP contribution >= 0.6 is 0 Å². The van der Waals surface area contributed by atoms with E-state index in [9.17, 15) is 0 Å². The standard InChI is InChI=1S/C14H21NO3/c1-15-9-11-7-8-12(18-11)10-17-14-6-4-3-5-13(14)16-2/h3-6,11-12,15H,7-10H2,1-2H3. The van der Waals surface area contributed by atoms with Gasteiger partial charge in [-0.3, -0.25) is 0 Å². The van der Waals surface area contributed by atoms with E-state index < -0.39 is 0 Å². The smallest absolute Gasteiger partial charge is 0.161 e. The van der Waals surface area contributed by atoms with E-state index in [2.05, 4.69) is 5.32 Å². The van der Waals surface area contributed by atoms with Crippen molar-refractivity contribution in [3.63, 3.8) is 0 Å². The Morgan fingerprint density at radius 3 is 2.67 bits per heavy atom. The molecule has 0 bridgehead atoms. The molecular weight excluding hydrogens is 230 g/mol. The first-order chi connectivity index (χ1) is 8.83. The van der Waals surface area contributed by atoms with Crippen LogP contribution in [0, 0.1) is 0 Å². The SMILES string of the molecule is CNCC1CCC(COc2ccccc2OC)O1. The maximum absolute atomic E-state index is 5.87. The van der Waals surface area contributed by atoms with Gasteiger partial charge in [0.2, 0.25) is 0 Å². The molecule has 1 heterocycles. The highest BCUT2D eigenvalue weighted by atomic mass is 16.6. The number of hydrogen-bond acceptors (Lipinski definition) is 4. The molecule has 0 aromatic heterocycles. The predicted octanol–water partition coefficient (Wildman–Crippen LogP) is 1.84. The van der Waals surface area contributed by atoms with Gasteiger partial charge in [-0.15, -0.1) is 0 Å². The normalized spacial score (nSPS) is 23.0. The number of para-hydroxylation sites is 2. The fraction of sp³-hybridized carbons (Fsp3) is 0.571. The van der Waals surface area contributed by atoms with E-state index in [1.165, 1.54) is 0 Å². The number of nitrogens with one attached hydrogen (secondary N) is 1. The number of likely N-dealkylation sites (N-methyl/N-ethyl adjacent to an activating group) is 1. The lowest BCUT2D eigenvalue weighted by molar-refractivity contribution is 0.0188. The summed E-state index contributed by atoms with van der Waals surface area (Å²) < 4.78 is 16.9. The molecule has 0 aliphatic carbocycles. The molecule has 1 fully saturated rings. The zero-order chi connectivity index (χ0) is 12.8. The molecule has 0 spiro atoms. The van der Waals surface area contributed by atoms with E-state index in [0.29, 0.717) is 12.7 Å². The van der Waals surface area contributed by atoms with Gasteiger partial charge < -0.3 is 19.5 Å². The Bertz CT molecular complexity index is 370. The largest absolute Gasteiger partial charge is 0.493 e. The van der Waals surface area contributed by atoms with Gasteiger partial charge in [0.25, 0.3) is 0 Å². The molecule has 2 atom stereocenters. The minimum absolute atomic E-state index is 0.188. The Kier molecular flexibility index (Phi) is 4.84. The average molecular weight is 251 g/mol. The van der Waals surface area contributed by atoms with Crippen molar-refractivity contribution in [2.45, 2.75) is 25.0 Å². The van der Waals surface area contributed by atoms with Crippen molar-refractivity contribution < 1.29 is 14.2 Å². The van der Waals surface area contributed by atoms with Gasteiger partial charge in [0.05, 0.1) is 19.3 Å². The monoisotopic (exact) mass is 251 g/mol. The minimum atomic E-state index is 0.188. The lowest BCUT2D eigenvalue weighted by Crippen LogP contribution is -2.25. The van der Waals surface area contributed by atoms with Crippen molar-refractivity contribution in [3.05, 3.63) is 24.3 Å². The Balaban J connectivity index is 1.81. The lowest BCUT2D eigenvalue weighted by Gasteiger charge is -2.15. The molecule has 1 saturated heterocycles. The topological polar surface area (TPSA) is 39.7 Å². The molecular formula is C14H21NO3. The summed E-state index contributed by atoms with van der Waals surface area (Å²) >= 11 is 0. The van der Waals surface area contributed by atoms with Crippen LogP contribution in [0.25, 0.3) is 0 Å². The van der Waals surface area contributed by atoms with E-state index >= 15 is 0 Å². The number of ether oxygens (including phenoxy) is 3. The second kappa shape index (κ2) is 6.61. The molecule has 0 amide bonds. The quantitative estimate of drug-likeness (QED) is 0.837. The summed E-state index contributed by atoms with van der Waals surface area (Å²) in [5.41, 5.74) is 0. The van der Waals surface area contributed by atoms with E-state index in [-0.39, 0.29) is 6.10 Å². The second-order valence-corrected chi connectivity index (χ2v) is 4.48. The van der Waals surface area contributed by atoms with Crippen LogP contribution in [0.5, 0.6) is 11.5 Å². The number of hydrogen-bond donors (Lipinski definition) is 1. The third-order valence-corrected chi connectivity index (χ3v) is 3.12. The summed E-state index contributed by atoms with van der Waals surface area (Å²) in [6.07, 6.45) is 2.66. The van der Waals surface area contributed by atoms with Crippen molar-refractivity contribution in [3.8, 4) is 11.5 Å². The van der Waals surface area contributed by atoms with Crippen molar-refractivity contribution in [1.82, 2.24) is 5.32 Å². The minimum Gasteiger partial charge on any atom is -0.493 e. The summed E-state index contributed by atoms with van der Waals surface area (Å²) in [6.45, 7) is 1.49. The van der Waals surface area contributed by atoms with Crippen LogP contribution < -0.4 is 14.8 Å². The lowest BCUT2D eigenvalue weighted by atomic mass is 10.2. The number of benzene rings is 1. The van der Waals surface area contributed by atoms with Gasteiger partial charge >= 0.3 is 0 Å². The third kappa shape index (κ3) is 3.37. The molecule has 2 rings (SSSR count). The van der Waals surface area contributed by atoms with Gasteiger partial charge in [-0.25, -0.2) is 0 Å². The summed E-state index contributed by atoms with van der Waals surface area (Å²) in [6, 6.07) is 7.69. The summed E-state index contributed by atoms with van der Waals surface area (Å²) in [5, 5.41) is 3.14. The van der Waals surface area contributed by atoms with Crippen LogP contribution in [0.1, 0.15) is 12.8 Å². The molecule has 4 heteroatoms. The molecule has 2 unspecified atom stereocenters. The van der Waals surface area contributed by atoms with E-state index in [1.54, 1.807) is 7.11 Å². The first-order valence-electron chi connectivity index (χ1n) is 6.39. The highest BCUT2D eigenvalue weighted by Crippen LogP contribution is 2.27. The zero-order valence-electron chi connectivity index (χ0n) is 11.0. The number of methoxy groups -OCH3 is 1. The van der Waals surface area contributed by atoms with Crippen LogP contribution in [-0.2, 0) is 4.74 Å². The van der Waals surface area contributed by atoms with E-state index in [1.807, 2.05) is 31.3 Å². The third-order valence-electron chi connectivity index (χ3n) is 3.12. The van der Waals surface area contributed by atoms with Crippen LogP contribution in [0.2, 0.25) is 0 Å². The fourth-order valence-corrected chi connectivity index (χ4v) is 2.20. The predicted molar refractivity (Wildman–Crippen MR) is 70.3 cm³/mol. The molecule has 1 aliphatic heterocycles. The Morgan fingerprint density at radius 2 is 1.94 bits per heavy atom. The Hall–Kier alpha value is -1.26. The molecule has 0 radical (unpaired) electrons. The first-order valence-corrected chi connectivity index (χ1v) is 6.39. The molecule has 18 heavy (non-hydrogen) atoms. The van der Waals surface area contributed by atoms with Crippen molar-refractivity contribution in [1.29, 1.82) is 0 Å². The Morgan fingerprint density at radius 1 is 1.22 bits per heavy atom. The average Bonchev–Trinajstić information content (AvgIpc) is 2.85. The highest BCUT2D eigenvalue weighted by Gasteiger charge is 2.25. The molecule has 1 aromatic rings. The van der Waals surface area contributed by atoms with Gasteiger partial charge in [0.1, 0.15) is 6.61 Å². The first kappa shape index (κ1) is 13.2. The van der Waals surface area contributed by atoms with Crippen molar-refractivity contribution in [2.24, 2.45) is 0 Å².